The van der Waals surface area contributed by atoms with E-state index < -0.39 is 0 Å². The zero-order valence-electron chi connectivity index (χ0n) is 22.8. The van der Waals surface area contributed by atoms with Crippen LogP contribution in [0.3, 0.4) is 0 Å². The van der Waals surface area contributed by atoms with Gasteiger partial charge in [0, 0.05) is 51.0 Å². The van der Waals surface area contributed by atoms with Crippen molar-refractivity contribution in [1.82, 2.24) is 29.3 Å². The number of hydrogen-bond acceptors (Lipinski definition) is 6. The second-order valence-electron chi connectivity index (χ2n) is 9.56. The molecular formula is C30H35ClN6O4. The molecule has 2 amide bonds. The van der Waals surface area contributed by atoms with E-state index in [9.17, 15) is 9.59 Å². The summed E-state index contributed by atoms with van der Waals surface area (Å²) in [6, 6.07) is 20.0. The fourth-order valence-corrected chi connectivity index (χ4v) is 4.51. The Balaban J connectivity index is 0.000000164. The predicted molar refractivity (Wildman–Crippen MR) is 155 cm³/mol. The number of aromatic nitrogens is 4. The number of nitrogens with zero attached hydrogens (tertiary/aromatic N) is 5. The van der Waals surface area contributed by atoms with Crippen molar-refractivity contribution in [2.24, 2.45) is 0 Å². The SMILES string of the molecule is O=C1CO[C@H](CCl)CN1Cc1ccccc1.O=C1CO[C@H](Cn2ccnc2)CN1Cc1ccccc1.c1c[nH]cn1. The van der Waals surface area contributed by atoms with E-state index in [1.54, 1.807) is 36.1 Å². The van der Waals surface area contributed by atoms with E-state index in [0.717, 1.165) is 17.7 Å². The average Bonchev–Trinajstić information content (AvgIpc) is 3.76. The van der Waals surface area contributed by atoms with Crippen LogP contribution in [-0.2, 0) is 38.7 Å². The van der Waals surface area contributed by atoms with Gasteiger partial charge in [-0.05, 0) is 11.1 Å². The monoisotopic (exact) mass is 578 g/mol. The Morgan fingerprint density at radius 3 is 1.85 bits per heavy atom. The molecule has 0 bridgehead atoms. The van der Waals surface area contributed by atoms with Crippen molar-refractivity contribution in [2.45, 2.75) is 31.8 Å². The van der Waals surface area contributed by atoms with Gasteiger partial charge >= 0.3 is 0 Å². The van der Waals surface area contributed by atoms with Crippen molar-refractivity contribution in [1.29, 1.82) is 0 Å². The summed E-state index contributed by atoms with van der Waals surface area (Å²) in [5.74, 6) is 0.513. The Kier molecular flexibility index (Phi) is 11.9. The molecule has 1 N–H and O–H groups in total. The van der Waals surface area contributed by atoms with Gasteiger partial charge < -0.3 is 28.8 Å². The van der Waals surface area contributed by atoms with Crippen molar-refractivity contribution in [3.05, 3.63) is 109 Å². The van der Waals surface area contributed by atoms with Crippen LogP contribution in [0.4, 0.5) is 0 Å². The molecule has 2 saturated heterocycles. The number of rotatable bonds is 7. The van der Waals surface area contributed by atoms with Crippen LogP contribution in [0.5, 0.6) is 0 Å². The third-order valence-electron chi connectivity index (χ3n) is 6.42. The summed E-state index contributed by atoms with van der Waals surface area (Å²) in [4.78, 5) is 37.6. The zero-order chi connectivity index (χ0) is 28.7. The molecule has 0 saturated carbocycles. The van der Waals surface area contributed by atoms with Crippen LogP contribution in [0.25, 0.3) is 0 Å². The number of carbonyl (C=O) groups excluding carboxylic acids is 2. The van der Waals surface area contributed by atoms with E-state index in [1.807, 2.05) is 76.3 Å². The highest BCUT2D eigenvalue weighted by molar-refractivity contribution is 6.18. The highest BCUT2D eigenvalue weighted by Crippen LogP contribution is 2.14. The van der Waals surface area contributed by atoms with Crippen molar-refractivity contribution in [2.75, 3.05) is 32.2 Å². The number of aromatic amines is 1. The largest absolute Gasteiger partial charge is 0.365 e. The molecule has 0 unspecified atom stereocenters. The molecule has 2 aliphatic rings. The van der Waals surface area contributed by atoms with Gasteiger partial charge in [-0.15, -0.1) is 11.6 Å². The summed E-state index contributed by atoms with van der Waals surface area (Å²) in [5, 5.41) is 0. The molecule has 2 aliphatic heterocycles. The van der Waals surface area contributed by atoms with Gasteiger partial charge in [-0.3, -0.25) is 9.59 Å². The quantitative estimate of drug-likeness (QED) is 0.337. The van der Waals surface area contributed by atoms with Crippen LogP contribution in [-0.4, -0.2) is 85.5 Å². The lowest BCUT2D eigenvalue weighted by molar-refractivity contribution is -0.150. The number of morpholine rings is 2. The van der Waals surface area contributed by atoms with Crippen molar-refractivity contribution in [3.8, 4) is 0 Å². The molecular weight excluding hydrogens is 544 g/mol. The Hall–Kier alpha value is -3.99. The summed E-state index contributed by atoms with van der Waals surface area (Å²) in [5.41, 5.74) is 2.27. The van der Waals surface area contributed by atoms with Crippen LogP contribution in [0.2, 0.25) is 0 Å². The molecule has 2 fully saturated rings. The second-order valence-corrected chi connectivity index (χ2v) is 9.87. The van der Waals surface area contributed by atoms with Gasteiger partial charge in [-0.25, -0.2) is 9.97 Å². The first-order chi connectivity index (χ1) is 20.1. The molecule has 4 heterocycles. The number of ether oxygens (including phenoxy) is 2. The lowest BCUT2D eigenvalue weighted by Crippen LogP contribution is -2.47. The number of amides is 2. The van der Waals surface area contributed by atoms with E-state index >= 15 is 0 Å². The summed E-state index contributed by atoms with van der Waals surface area (Å²) in [7, 11) is 0. The van der Waals surface area contributed by atoms with Crippen LogP contribution < -0.4 is 0 Å². The number of alkyl halides is 1. The maximum Gasteiger partial charge on any atom is 0.248 e. The van der Waals surface area contributed by atoms with E-state index in [-0.39, 0.29) is 37.2 Å². The highest BCUT2D eigenvalue weighted by atomic mass is 35.5. The molecule has 6 rings (SSSR count). The smallest absolute Gasteiger partial charge is 0.248 e. The summed E-state index contributed by atoms with van der Waals surface area (Å²) in [6.45, 7) is 3.50. The molecule has 0 radical (unpaired) electrons. The molecule has 2 atom stereocenters. The van der Waals surface area contributed by atoms with Gasteiger partial charge in [0.2, 0.25) is 11.8 Å². The molecule has 41 heavy (non-hydrogen) atoms. The maximum absolute atomic E-state index is 11.9. The zero-order valence-corrected chi connectivity index (χ0v) is 23.6. The van der Waals surface area contributed by atoms with Gasteiger partial charge in [-0.1, -0.05) is 60.7 Å². The van der Waals surface area contributed by atoms with Crippen LogP contribution >= 0.6 is 11.6 Å². The first kappa shape index (κ1) is 30.0. The normalized spacial score (nSPS) is 18.7. The number of carbonyl (C=O) groups is 2. The van der Waals surface area contributed by atoms with Crippen molar-refractivity contribution < 1.29 is 19.1 Å². The number of nitrogens with one attached hydrogen (secondary N) is 1. The number of benzene rings is 2. The lowest BCUT2D eigenvalue weighted by Gasteiger charge is -2.33. The molecule has 0 aliphatic carbocycles. The van der Waals surface area contributed by atoms with Gasteiger partial charge in [0.05, 0.1) is 37.3 Å². The first-order valence-electron chi connectivity index (χ1n) is 13.4. The summed E-state index contributed by atoms with van der Waals surface area (Å²) < 4.78 is 12.8. The van der Waals surface area contributed by atoms with E-state index in [4.69, 9.17) is 21.1 Å². The van der Waals surface area contributed by atoms with Gasteiger partial charge in [0.25, 0.3) is 0 Å². The number of halogens is 1. The fraction of sp³-hybridized carbons (Fsp3) is 0.333. The summed E-state index contributed by atoms with van der Waals surface area (Å²) in [6.07, 6.45) is 10.5. The first-order valence-corrected chi connectivity index (χ1v) is 13.9. The third-order valence-corrected chi connectivity index (χ3v) is 6.77. The van der Waals surface area contributed by atoms with Crippen LogP contribution in [0.1, 0.15) is 11.1 Å². The Morgan fingerprint density at radius 1 is 0.805 bits per heavy atom. The minimum Gasteiger partial charge on any atom is -0.365 e. The minimum absolute atomic E-state index is 0.0191. The molecule has 2 aromatic carbocycles. The average molecular weight is 579 g/mol. The maximum atomic E-state index is 11.9. The summed E-state index contributed by atoms with van der Waals surface area (Å²) >= 11 is 5.73. The molecule has 11 heteroatoms. The van der Waals surface area contributed by atoms with Crippen LogP contribution in [0.15, 0.2) is 98.1 Å². The molecule has 4 aromatic rings. The molecule has 216 valence electrons. The second kappa shape index (κ2) is 16.3. The van der Waals surface area contributed by atoms with Crippen molar-refractivity contribution in [3.63, 3.8) is 0 Å². The van der Waals surface area contributed by atoms with E-state index in [1.165, 1.54) is 0 Å². The highest BCUT2D eigenvalue weighted by Gasteiger charge is 2.27. The standard InChI is InChI=1S/C15H17N3O2.C12H14ClNO2.C3H4N2/c19-15-11-20-14(9-17-7-6-16-12-17)10-18(15)8-13-4-2-1-3-5-13;13-6-11-8-14(12(15)9-16-11)7-10-4-2-1-3-5-10;1-2-5-3-4-1/h1-7,12,14H,8-11H2;1-5,11H,6-9H2;1-3H,(H,4,5)/t14-;11-;/m11./s1. The van der Waals surface area contributed by atoms with Gasteiger partial charge in [-0.2, -0.15) is 0 Å². The minimum atomic E-state index is -0.0388. The van der Waals surface area contributed by atoms with Gasteiger partial charge in [0.1, 0.15) is 13.2 Å². The third kappa shape index (κ3) is 10.2. The Bertz CT molecular complexity index is 1260. The Labute approximate surface area is 244 Å². The van der Waals surface area contributed by atoms with Gasteiger partial charge in [0.15, 0.2) is 0 Å². The fourth-order valence-electron chi connectivity index (χ4n) is 4.32. The van der Waals surface area contributed by atoms with Crippen LogP contribution in [0, 0.1) is 0 Å². The number of imidazole rings is 2. The molecule has 2 aromatic heterocycles. The molecule has 0 spiro atoms. The van der Waals surface area contributed by atoms with E-state index in [0.29, 0.717) is 32.1 Å². The topological polar surface area (TPSA) is 106 Å². The Morgan fingerprint density at radius 2 is 1.39 bits per heavy atom. The predicted octanol–water partition coefficient (Wildman–Crippen LogP) is 3.37. The number of H-pyrrole nitrogens is 1. The van der Waals surface area contributed by atoms with E-state index in [2.05, 4.69) is 15.0 Å². The van der Waals surface area contributed by atoms with Crippen molar-refractivity contribution >= 4 is 23.4 Å². The number of hydrogen-bond donors (Lipinski definition) is 1. The lowest BCUT2D eigenvalue weighted by atomic mass is 10.2. The molecule has 10 nitrogen and oxygen atoms in total.